The van der Waals surface area contributed by atoms with Crippen LogP contribution >= 0.6 is 15.9 Å². The molecule has 0 aliphatic carbocycles. The van der Waals surface area contributed by atoms with Gasteiger partial charge in [-0.05, 0) is 84.7 Å². The van der Waals surface area contributed by atoms with Gasteiger partial charge in [0.15, 0.2) is 0 Å². The Kier molecular flexibility index (Phi) is 4.10. The molecule has 0 spiro atoms. The molecule has 0 aromatic heterocycles. The summed E-state index contributed by atoms with van der Waals surface area (Å²) in [5, 5.41) is 13.5. The third-order valence-electron chi connectivity index (χ3n) is 3.79. The van der Waals surface area contributed by atoms with E-state index < -0.39 is 0 Å². The molecule has 1 aliphatic rings. The van der Waals surface area contributed by atoms with Gasteiger partial charge in [0.2, 0.25) is 0 Å². The maximum atomic E-state index is 10.2. The number of halogens is 1. The fourth-order valence-corrected chi connectivity index (χ4v) is 3.05. The Morgan fingerprint density at radius 2 is 2.00 bits per heavy atom. The first kappa shape index (κ1) is 12.9. The zero-order valence-corrected chi connectivity index (χ0v) is 12.1. The molecule has 94 valence electrons. The molecule has 0 bridgehead atoms. The van der Waals surface area contributed by atoms with E-state index in [0.29, 0.717) is 11.7 Å². The van der Waals surface area contributed by atoms with Crippen molar-refractivity contribution >= 4 is 15.9 Å². The molecule has 0 radical (unpaired) electrons. The van der Waals surface area contributed by atoms with Gasteiger partial charge in [-0.3, -0.25) is 0 Å². The maximum Gasteiger partial charge on any atom is 0.133 e. The van der Waals surface area contributed by atoms with Crippen molar-refractivity contribution in [3.63, 3.8) is 0 Å². The van der Waals surface area contributed by atoms with Crippen LogP contribution in [0, 0.1) is 19.8 Å². The number of hydrogen-bond donors (Lipinski definition) is 2. The lowest BCUT2D eigenvalue weighted by Gasteiger charge is -2.23. The van der Waals surface area contributed by atoms with Crippen molar-refractivity contribution in [2.24, 2.45) is 5.92 Å². The van der Waals surface area contributed by atoms with E-state index in [2.05, 4.69) is 34.2 Å². The number of phenols is 1. The molecule has 1 aliphatic heterocycles. The van der Waals surface area contributed by atoms with Crippen molar-refractivity contribution in [2.45, 2.75) is 33.1 Å². The van der Waals surface area contributed by atoms with Gasteiger partial charge < -0.3 is 10.4 Å². The topological polar surface area (TPSA) is 32.3 Å². The van der Waals surface area contributed by atoms with Gasteiger partial charge in [-0.25, -0.2) is 0 Å². The number of aryl methyl sites for hydroxylation is 1. The van der Waals surface area contributed by atoms with Crippen molar-refractivity contribution in [3.05, 3.63) is 27.2 Å². The zero-order valence-electron chi connectivity index (χ0n) is 10.5. The van der Waals surface area contributed by atoms with E-state index >= 15 is 0 Å². The highest BCUT2D eigenvalue weighted by Crippen LogP contribution is 2.35. The second-order valence-electron chi connectivity index (χ2n) is 5.04. The average Bonchev–Trinajstić information content (AvgIpc) is 2.35. The molecule has 1 saturated heterocycles. The lowest BCUT2D eigenvalue weighted by molar-refractivity contribution is 0.366. The fourth-order valence-electron chi connectivity index (χ4n) is 2.48. The molecule has 0 unspecified atom stereocenters. The SMILES string of the molecule is Cc1cc(CC2CCNCC2)c(O)c(Br)c1C. The minimum atomic E-state index is 0.437. The molecule has 0 atom stereocenters. The first-order chi connectivity index (χ1) is 8.09. The molecule has 17 heavy (non-hydrogen) atoms. The second kappa shape index (κ2) is 5.40. The fraction of sp³-hybridized carbons (Fsp3) is 0.571. The first-order valence-electron chi connectivity index (χ1n) is 6.28. The quantitative estimate of drug-likeness (QED) is 0.878. The van der Waals surface area contributed by atoms with Crippen LogP contribution in [0.5, 0.6) is 5.75 Å². The summed E-state index contributed by atoms with van der Waals surface area (Å²) in [6.07, 6.45) is 3.42. The first-order valence-corrected chi connectivity index (χ1v) is 7.07. The summed E-state index contributed by atoms with van der Waals surface area (Å²) < 4.78 is 0.862. The number of nitrogens with one attached hydrogen (secondary N) is 1. The second-order valence-corrected chi connectivity index (χ2v) is 5.83. The van der Waals surface area contributed by atoms with Crippen molar-refractivity contribution < 1.29 is 5.11 Å². The Bertz CT molecular complexity index is 411. The predicted molar refractivity (Wildman–Crippen MR) is 74.6 cm³/mol. The lowest BCUT2D eigenvalue weighted by atomic mass is 9.89. The maximum absolute atomic E-state index is 10.2. The van der Waals surface area contributed by atoms with Crippen LogP contribution in [0.4, 0.5) is 0 Å². The minimum Gasteiger partial charge on any atom is -0.506 e. The number of piperidine rings is 1. The van der Waals surface area contributed by atoms with Crippen molar-refractivity contribution in [1.29, 1.82) is 0 Å². The molecule has 0 amide bonds. The van der Waals surface area contributed by atoms with Crippen molar-refractivity contribution in [2.75, 3.05) is 13.1 Å². The standard InChI is InChI=1S/C14H20BrNO/c1-9-7-12(14(17)13(15)10(9)2)8-11-3-5-16-6-4-11/h7,11,16-17H,3-6,8H2,1-2H3. The van der Waals surface area contributed by atoms with Gasteiger partial charge in [0, 0.05) is 0 Å². The third-order valence-corrected chi connectivity index (χ3v) is 4.76. The van der Waals surface area contributed by atoms with Gasteiger partial charge in [0.05, 0.1) is 4.47 Å². The van der Waals surface area contributed by atoms with E-state index in [0.717, 1.165) is 35.1 Å². The Labute approximate surface area is 112 Å². The molecule has 2 rings (SSSR count). The van der Waals surface area contributed by atoms with Crippen LogP contribution in [0.1, 0.15) is 29.5 Å². The van der Waals surface area contributed by atoms with Crippen LogP contribution in [-0.4, -0.2) is 18.2 Å². The van der Waals surface area contributed by atoms with Crippen molar-refractivity contribution in [1.82, 2.24) is 5.32 Å². The van der Waals surface area contributed by atoms with E-state index in [4.69, 9.17) is 0 Å². The van der Waals surface area contributed by atoms with E-state index in [9.17, 15) is 5.11 Å². The Balaban J connectivity index is 2.20. The summed E-state index contributed by atoms with van der Waals surface area (Å²) in [5.74, 6) is 1.14. The number of benzene rings is 1. The van der Waals surface area contributed by atoms with Gasteiger partial charge in [0.1, 0.15) is 5.75 Å². The summed E-state index contributed by atoms with van der Waals surface area (Å²) in [6, 6.07) is 2.14. The molecule has 1 aromatic carbocycles. The largest absolute Gasteiger partial charge is 0.506 e. The van der Waals surface area contributed by atoms with Crippen LogP contribution in [0.3, 0.4) is 0 Å². The van der Waals surface area contributed by atoms with Gasteiger partial charge in [-0.15, -0.1) is 0 Å². The van der Waals surface area contributed by atoms with E-state index in [1.807, 2.05) is 6.92 Å². The highest BCUT2D eigenvalue weighted by atomic mass is 79.9. The molecule has 2 N–H and O–H groups in total. The monoisotopic (exact) mass is 297 g/mol. The normalized spacial score (nSPS) is 17.4. The van der Waals surface area contributed by atoms with Crippen LogP contribution in [-0.2, 0) is 6.42 Å². The van der Waals surface area contributed by atoms with E-state index in [1.165, 1.54) is 18.4 Å². The summed E-state index contributed by atoms with van der Waals surface area (Å²) >= 11 is 3.48. The van der Waals surface area contributed by atoms with Gasteiger partial charge in [0.25, 0.3) is 0 Å². The molecular formula is C14H20BrNO. The zero-order chi connectivity index (χ0) is 12.4. The van der Waals surface area contributed by atoms with Gasteiger partial charge in [-0.2, -0.15) is 0 Å². The molecular weight excluding hydrogens is 278 g/mol. The Morgan fingerprint density at radius 3 is 2.65 bits per heavy atom. The van der Waals surface area contributed by atoms with E-state index in [-0.39, 0.29) is 0 Å². The van der Waals surface area contributed by atoms with Crippen LogP contribution in [0.2, 0.25) is 0 Å². The highest BCUT2D eigenvalue weighted by molar-refractivity contribution is 9.10. The molecule has 1 aromatic rings. The summed E-state index contributed by atoms with van der Waals surface area (Å²) in [6.45, 7) is 6.35. The highest BCUT2D eigenvalue weighted by Gasteiger charge is 2.17. The lowest BCUT2D eigenvalue weighted by Crippen LogP contribution is -2.28. The van der Waals surface area contributed by atoms with E-state index in [1.54, 1.807) is 0 Å². The summed E-state index contributed by atoms with van der Waals surface area (Å²) in [7, 11) is 0. The minimum absolute atomic E-state index is 0.437. The summed E-state index contributed by atoms with van der Waals surface area (Å²) in [5.41, 5.74) is 3.47. The van der Waals surface area contributed by atoms with Crippen LogP contribution < -0.4 is 5.32 Å². The van der Waals surface area contributed by atoms with Crippen LogP contribution in [0.15, 0.2) is 10.5 Å². The van der Waals surface area contributed by atoms with Gasteiger partial charge in [-0.1, -0.05) is 6.07 Å². The molecule has 0 saturated carbocycles. The number of phenolic OH excluding ortho intramolecular Hbond substituents is 1. The number of aromatic hydroxyl groups is 1. The Hall–Kier alpha value is -0.540. The number of hydrogen-bond acceptors (Lipinski definition) is 2. The van der Waals surface area contributed by atoms with Crippen molar-refractivity contribution in [3.8, 4) is 5.75 Å². The molecule has 2 nitrogen and oxygen atoms in total. The van der Waals surface area contributed by atoms with Gasteiger partial charge >= 0.3 is 0 Å². The molecule has 1 heterocycles. The summed E-state index contributed by atoms with van der Waals surface area (Å²) in [4.78, 5) is 0. The Morgan fingerprint density at radius 1 is 1.35 bits per heavy atom. The predicted octanol–water partition coefficient (Wildman–Crippen LogP) is 3.31. The number of rotatable bonds is 2. The molecule has 3 heteroatoms. The van der Waals surface area contributed by atoms with Crippen LogP contribution in [0.25, 0.3) is 0 Å². The smallest absolute Gasteiger partial charge is 0.133 e. The third kappa shape index (κ3) is 2.83. The molecule has 1 fully saturated rings. The average molecular weight is 298 g/mol.